The molecule has 0 saturated carbocycles. The molecule has 1 aromatic carbocycles. The topological polar surface area (TPSA) is 51.8 Å². The van der Waals surface area contributed by atoms with Crippen molar-refractivity contribution in [1.29, 1.82) is 0 Å². The highest BCUT2D eigenvalue weighted by Crippen LogP contribution is 2.25. The summed E-state index contributed by atoms with van der Waals surface area (Å²) in [4.78, 5) is 8.50. The zero-order chi connectivity index (χ0) is 12.1. The second-order valence-corrected chi connectivity index (χ2v) is 4.01. The van der Waals surface area contributed by atoms with Crippen molar-refractivity contribution in [1.82, 2.24) is 9.97 Å². The van der Waals surface area contributed by atoms with Crippen LogP contribution in [0.15, 0.2) is 42.7 Å². The van der Waals surface area contributed by atoms with Gasteiger partial charge in [-0.2, -0.15) is 0 Å². The molecule has 3 nitrogen and oxygen atoms in total. The normalized spacial score (nSPS) is 12.4. The molecule has 1 aromatic heterocycles. The van der Waals surface area contributed by atoms with Crippen LogP contribution in [-0.4, -0.2) is 9.97 Å². The number of benzene rings is 1. The highest BCUT2D eigenvalue weighted by atomic mass is 14.9. The van der Waals surface area contributed by atoms with Gasteiger partial charge in [0.1, 0.15) is 6.33 Å². The number of nitrogens with zero attached hydrogens (tertiary/aromatic N) is 2. The molecule has 0 aliphatic rings. The van der Waals surface area contributed by atoms with E-state index >= 15 is 0 Å². The fraction of sp³-hybridized carbons (Fsp3) is 0.286. The van der Waals surface area contributed by atoms with Gasteiger partial charge >= 0.3 is 0 Å². The molecule has 1 heterocycles. The van der Waals surface area contributed by atoms with Crippen LogP contribution < -0.4 is 5.73 Å². The van der Waals surface area contributed by atoms with Gasteiger partial charge < -0.3 is 5.73 Å². The molecule has 0 unspecified atom stereocenters. The Morgan fingerprint density at radius 1 is 1.18 bits per heavy atom. The fourth-order valence-electron chi connectivity index (χ4n) is 2.02. The maximum absolute atomic E-state index is 5.61. The molecule has 0 spiro atoms. The van der Waals surface area contributed by atoms with Crippen LogP contribution in [0.5, 0.6) is 0 Å². The predicted molar refractivity (Wildman–Crippen MR) is 68.5 cm³/mol. The molecule has 0 radical (unpaired) electrons. The third kappa shape index (κ3) is 2.68. The van der Waals surface area contributed by atoms with Crippen LogP contribution in [-0.2, 0) is 6.54 Å². The van der Waals surface area contributed by atoms with Gasteiger partial charge in [0.05, 0.1) is 11.4 Å². The zero-order valence-electron chi connectivity index (χ0n) is 10.0. The van der Waals surface area contributed by atoms with E-state index < -0.39 is 0 Å². The number of aromatic nitrogens is 2. The highest BCUT2D eigenvalue weighted by molar-refractivity contribution is 5.28. The molecule has 0 aliphatic heterocycles. The van der Waals surface area contributed by atoms with E-state index in [2.05, 4.69) is 41.2 Å². The molecule has 2 rings (SSSR count). The van der Waals surface area contributed by atoms with Crippen LogP contribution in [0.3, 0.4) is 0 Å². The second kappa shape index (κ2) is 5.55. The van der Waals surface area contributed by atoms with Gasteiger partial charge in [-0.3, -0.25) is 0 Å². The van der Waals surface area contributed by atoms with Crippen molar-refractivity contribution >= 4 is 0 Å². The fourth-order valence-corrected chi connectivity index (χ4v) is 2.02. The molecule has 1 atom stereocenters. The van der Waals surface area contributed by atoms with Gasteiger partial charge in [-0.05, 0) is 18.1 Å². The summed E-state index contributed by atoms with van der Waals surface area (Å²) in [6.07, 6.45) is 2.62. The Kier molecular flexibility index (Phi) is 3.83. The predicted octanol–water partition coefficient (Wildman–Crippen LogP) is 2.48. The quantitative estimate of drug-likeness (QED) is 0.873. The van der Waals surface area contributed by atoms with Crippen LogP contribution in [0.1, 0.15) is 36.2 Å². The van der Waals surface area contributed by atoms with Gasteiger partial charge in [0.2, 0.25) is 0 Å². The van der Waals surface area contributed by atoms with Crippen molar-refractivity contribution in [3.63, 3.8) is 0 Å². The summed E-state index contributed by atoms with van der Waals surface area (Å²) < 4.78 is 0. The first-order chi connectivity index (χ1) is 8.35. The first kappa shape index (κ1) is 11.7. The molecule has 0 saturated heterocycles. The van der Waals surface area contributed by atoms with Crippen LogP contribution in [0.25, 0.3) is 0 Å². The Hall–Kier alpha value is -1.74. The minimum absolute atomic E-state index is 0.324. The molecule has 2 aromatic rings. The maximum atomic E-state index is 5.61. The number of hydrogen-bond donors (Lipinski definition) is 1. The maximum Gasteiger partial charge on any atom is 0.116 e. The molecule has 0 bridgehead atoms. The van der Waals surface area contributed by atoms with Crippen LogP contribution in [0, 0.1) is 0 Å². The van der Waals surface area contributed by atoms with Crippen molar-refractivity contribution in [2.75, 3.05) is 0 Å². The standard InChI is InChI=1S/C14H17N3/c1-2-13(11-6-4-3-5-7-11)14-8-12(9-15)16-10-17-14/h3-8,10,13H,2,9,15H2,1H3/t13-/m0/s1. The van der Waals surface area contributed by atoms with Crippen molar-refractivity contribution in [2.24, 2.45) is 5.73 Å². The highest BCUT2D eigenvalue weighted by Gasteiger charge is 2.13. The van der Waals surface area contributed by atoms with Crippen molar-refractivity contribution in [3.05, 3.63) is 59.7 Å². The average Bonchev–Trinajstić information content (AvgIpc) is 2.41. The first-order valence-corrected chi connectivity index (χ1v) is 5.91. The Balaban J connectivity index is 2.35. The molecule has 3 heteroatoms. The van der Waals surface area contributed by atoms with Crippen molar-refractivity contribution in [2.45, 2.75) is 25.8 Å². The molecular weight excluding hydrogens is 210 g/mol. The molecule has 17 heavy (non-hydrogen) atoms. The van der Waals surface area contributed by atoms with E-state index in [1.807, 2.05) is 12.1 Å². The van der Waals surface area contributed by atoms with E-state index in [0.717, 1.165) is 17.8 Å². The Labute approximate surface area is 102 Å². The van der Waals surface area contributed by atoms with Crippen LogP contribution in [0.2, 0.25) is 0 Å². The average molecular weight is 227 g/mol. The molecule has 0 amide bonds. The van der Waals surface area contributed by atoms with E-state index in [-0.39, 0.29) is 0 Å². The monoisotopic (exact) mass is 227 g/mol. The third-order valence-corrected chi connectivity index (χ3v) is 2.92. The van der Waals surface area contributed by atoms with E-state index in [9.17, 15) is 0 Å². The summed E-state index contributed by atoms with van der Waals surface area (Å²) in [6.45, 7) is 2.63. The Bertz CT molecular complexity index is 468. The third-order valence-electron chi connectivity index (χ3n) is 2.92. The molecular formula is C14H17N3. The van der Waals surface area contributed by atoms with Crippen LogP contribution in [0.4, 0.5) is 0 Å². The van der Waals surface area contributed by atoms with E-state index in [0.29, 0.717) is 12.5 Å². The van der Waals surface area contributed by atoms with E-state index in [1.54, 1.807) is 6.33 Å². The van der Waals surface area contributed by atoms with Crippen LogP contribution >= 0.6 is 0 Å². The lowest BCUT2D eigenvalue weighted by Crippen LogP contribution is -2.06. The largest absolute Gasteiger partial charge is 0.325 e. The summed E-state index contributed by atoms with van der Waals surface area (Å²) in [5.74, 6) is 0.324. The van der Waals surface area contributed by atoms with Gasteiger partial charge in [0.25, 0.3) is 0 Å². The van der Waals surface area contributed by atoms with Crippen molar-refractivity contribution < 1.29 is 0 Å². The molecule has 0 aliphatic carbocycles. The smallest absolute Gasteiger partial charge is 0.116 e. The van der Waals surface area contributed by atoms with Gasteiger partial charge in [0.15, 0.2) is 0 Å². The summed E-state index contributed by atoms with van der Waals surface area (Å²) in [5.41, 5.74) is 8.84. The Morgan fingerprint density at radius 3 is 2.59 bits per heavy atom. The van der Waals surface area contributed by atoms with Gasteiger partial charge in [0, 0.05) is 12.5 Å². The summed E-state index contributed by atoms with van der Waals surface area (Å²) in [6, 6.07) is 12.4. The number of rotatable bonds is 4. The summed E-state index contributed by atoms with van der Waals surface area (Å²) in [5, 5.41) is 0. The minimum atomic E-state index is 0.324. The second-order valence-electron chi connectivity index (χ2n) is 4.01. The SMILES string of the molecule is CC[C@@H](c1ccccc1)c1cc(CN)ncn1. The lowest BCUT2D eigenvalue weighted by Gasteiger charge is -2.15. The zero-order valence-corrected chi connectivity index (χ0v) is 10.0. The van der Waals surface area contributed by atoms with E-state index in [1.165, 1.54) is 5.56 Å². The molecule has 0 fully saturated rings. The lowest BCUT2D eigenvalue weighted by molar-refractivity contribution is 0.738. The minimum Gasteiger partial charge on any atom is -0.325 e. The van der Waals surface area contributed by atoms with Gasteiger partial charge in [-0.25, -0.2) is 9.97 Å². The van der Waals surface area contributed by atoms with Gasteiger partial charge in [-0.1, -0.05) is 37.3 Å². The summed E-state index contributed by atoms with van der Waals surface area (Å²) in [7, 11) is 0. The number of hydrogen-bond acceptors (Lipinski definition) is 3. The Morgan fingerprint density at radius 2 is 1.94 bits per heavy atom. The molecule has 2 N–H and O–H groups in total. The summed E-state index contributed by atoms with van der Waals surface area (Å²) >= 11 is 0. The lowest BCUT2D eigenvalue weighted by atomic mass is 9.93. The first-order valence-electron chi connectivity index (χ1n) is 5.91. The molecule has 88 valence electrons. The number of nitrogens with two attached hydrogens (primary N) is 1. The van der Waals surface area contributed by atoms with Gasteiger partial charge in [-0.15, -0.1) is 0 Å². The van der Waals surface area contributed by atoms with E-state index in [4.69, 9.17) is 5.73 Å². The van der Waals surface area contributed by atoms with Crippen molar-refractivity contribution in [3.8, 4) is 0 Å².